The maximum atomic E-state index is 11.6. The Morgan fingerprint density at radius 3 is 2.84 bits per heavy atom. The molecule has 0 aromatic heterocycles. The predicted molar refractivity (Wildman–Crippen MR) is 76.0 cm³/mol. The standard InChI is InChI=1S/C14H18ClNO3/c1-14(18,10-19-2)9-16-13(17)8-7-11-5-3-4-6-12(11)15/h3-8,18H,9-10H2,1-2H3,(H,16,17)/b8-7+. The minimum absolute atomic E-state index is 0.118. The third kappa shape index (κ3) is 5.87. The molecule has 0 aliphatic carbocycles. The van der Waals surface area contributed by atoms with Gasteiger partial charge in [0.05, 0.1) is 6.61 Å². The number of halogens is 1. The van der Waals surface area contributed by atoms with E-state index in [0.717, 1.165) is 5.56 Å². The molecular formula is C14H18ClNO3. The second-order valence-electron chi connectivity index (χ2n) is 4.50. The summed E-state index contributed by atoms with van der Waals surface area (Å²) in [6.45, 7) is 1.86. The van der Waals surface area contributed by atoms with Gasteiger partial charge in [-0.1, -0.05) is 29.8 Å². The smallest absolute Gasteiger partial charge is 0.244 e. The molecule has 1 aromatic rings. The molecule has 5 heteroatoms. The molecule has 1 rings (SSSR count). The van der Waals surface area contributed by atoms with Crippen LogP contribution in [0.15, 0.2) is 30.3 Å². The fourth-order valence-electron chi connectivity index (χ4n) is 1.47. The van der Waals surface area contributed by atoms with E-state index in [1.54, 1.807) is 19.1 Å². The molecule has 2 N–H and O–H groups in total. The van der Waals surface area contributed by atoms with Crippen molar-refractivity contribution in [3.05, 3.63) is 40.9 Å². The summed E-state index contributed by atoms with van der Waals surface area (Å²) in [6, 6.07) is 7.23. The second kappa shape index (κ2) is 7.28. The summed E-state index contributed by atoms with van der Waals surface area (Å²) in [5, 5.41) is 13.0. The van der Waals surface area contributed by atoms with Crippen LogP contribution in [0.4, 0.5) is 0 Å². The molecular weight excluding hydrogens is 266 g/mol. The molecule has 0 aliphatic heterocycles. The molecule has 1 unspecified atom stereocenters. The van der Waals surface area contributed by atoms with Gasteiger partial charge in [0.1, 0.15) is 5.60 Å². The van der Waals surface area contributed by atoms with Crippen molar-refractivity contribution in [3.63, 3.8) is 0 Å². The summed E-state index contributed by atoms with van der Waals surface area (Å²) in [5.41, 5.74) is -0.314. The van der Waals surface area contributed by atoms with Gasteiger partial charge < -0.3 is 15.2 Å². The van der Waals surface area contributed by atoms with Crippen LogP contribution in [0.1, 0.15) is 12.5 Å². The molecule has 0 saturated heterocycles. The first-order valence-electron chi connectivity index (χ1n) is 5.86. The van der Waals surface area contributed by atoms with E-state index < -0.39 is 5.60 Å². The zero-order chi connectivity index (χ0) is 14.3. The van der Waals surface area contributed by atoms with Gasteiger partial charge in [-0.15, -0.1) is 0 Å². The van der Waals surface area contributed by atoms with Crippen LogP contribution in [0.2, 0.25) is 5.02 Å². The molecule has 1 atom stereocenters. The van der Waals surface area contributed by atoms with E-state index in [-0.39, 0.29) is 19.1 Å². The Labute approximate surface area is 118 Å². The summed E-state index contributed by atoms with van der Waals surface area (Å²) in [4.78, 5) is 11.6. The Morgan fingerprint density at radius 2 is 2.21 bits per heavy atom. The summed E-state index contributed by atoms with van der Waals surface area (Å²) in [5.74, 6) is -0.295. The first-order valence-corrected chi connectivity index (χ1v) is 6.24. The van der Waals surface area contributed by atoms with E-state index in [9.17, 15) is 9.90 Å². The maximum absolute atomic E-state index is 11.6. The van der Waals surface area contributed by atoms with Gasteiger partial charge in [-0.05, 0) is 24.6 Å². The van der Waals surface area contributed by atoms with Crippen molar-refractivity contribution in [3.8, 4) is 0 Å². The van der Waals surface area contributed by atoms with Gasteiger partial charge in [-0.3, -0.25) is 4.79 Å². The molecule has 0 aliphatic rings. The quantitative estimate of drug-likeness (QED) is 0.784. The highest BCUT2D eigenvalue weighted by atomic mass is 35.5. The lowest BCUT2D eigenvalue weighted by atomic mass is 10.1. The highest BCUT2D eigenvalue weighted by Crippen LogP contribution is 2.16. The lowest BCUT2D eigenvalue weighted by molar-refractivity contribution is -0.118. The van der Waals surface area contributed by atoms with Gasteiger partial charge >= 0.3 is 0 Å². The summed E-state index contributed by atoms with van der Waals surface area (Å²) >= 11 is 5.96. The fourth-order valence-corrected chi connectivity index (χ4v) is 1.67. The van der Waals surface area contributed by atoms with Gasteiger partial charge in [-0.25, -0.2) is 0 Å². The monoisotopic (exact) mass is 283 g/mol. The topological polar surface area (TPSA) is 58.6 Å². The van der Waals surface area contributed by atoms with Gasteiger partial charge in [-0.2, -0.15) is 0 Å². The van der Waals surface area contributed by atoms with Gasteiger partial charge in [0.15, 0.2) is 0 Å². The summed E-state index contributed by atoms with van der Waals surface area (Å²) in [7, 11) is 1.49. The minimum atomic E-state index is -1.08. The van der Waals surface area contributed by atoms with E-state index in [1.807, 2.05) is 18.2 Å². The molecule has 0 saturated carbocycles. The number of rotatable bonds is 6. The Hall–Kier alpha value is -1.36. The zero-order valence-electron chi connectivity index (χ0n) is 11.0. The minimum Gasteiger partial charge on any atom is -0.386 e. The Bertz CT molecular complexity index is 458. The summed E-state index contributed by atoms with van der Waals surface area (Å²) < 4.78 is 4.85. The largest absolute Gasteiger partial charge is 0.386 e. The Balaban J connectivity index is 2.50. The van der Waals surface area contributed by atoms with Crippen LogP contribution in [-0.2, 0) is 9.53 Å². The van der Waals surface area contributed by atoms with Crippen LogP contribution in [0, 0.1) is 0 Å². The lowest BCUT2D eigenvalue weighted by Gasteiger charge is -2.21. The molecule has 19 heavy (non-hydrogen) atoms. The molecule has 0 spiro atoms. The average Bonchev–Trinajstić information content (AvgIpc) is 2.35. The molecule has 104 valence electrons. The second-order valence-corrected chi connectivity index (χ2v) is 4.91. The number of hydrogen-bond acceptors (Lipinski definition) is 3. The van der Waals surface area contributed by atoms with E-state index in [0.29, 0.717) is 5.02 Å². The van der Waals surface area contributed by atoms with Crippen LogP contribution in [-0.4, -0.2) is 36.9 Å². The third-order valence-electron chi connectivity index (χ3n) is 2.42. The first-order chi connectivity index (χ1) is 8.94. The Kier molecular flexibility index (Phi) is 6.02. The normalized spacial score (nSPS) is 14.3. The maximum Gasteiger partial charge on any atom is 0.244 e. The van der Waals surface area contributed by atoms with Crippen LogP contribution in [0.3, 0.4) is 0 Å². The highest BCUT2D eigenvalue weighted by molar-refractivity contribution is 6.32. The number of methoxy groups -OCH3 is 1. The van der Waals surface area contributed by atoms with E-state index in [2.05, 4.69) is 5.32 Å². The number of amides is 1. The molecule has 0 heterocycles. The number of nitrogens with one attached hydrogen (secondary N) is 1. The van der Waals surface area contributed by atoms with Crippen LogP contribution in [0.25, 0.3) is 6.08 Å². The third-order valence-corrected chi connectivity index (χ3v) is 2.76. The van der Waals surface area contributed by atoms with Gasteiger partial charge in [0.25, 0.3) is 0 Å². The molecule has 4 nitrogen and oxygen atoms in total. The van der Waals surface area contributed by atoms with Crippen LogP contribution in [0.5, 0.6) is 0 Å². The number of ether oxygens (including phenoxy) is 1. The molecule has 0 fully saturated rings. The van der Waals surface area contributed by atoms with Crippen molar-refractivity contribution in [1.82, 2.24) is 5.32 Å². The molecule has 1 amide bonds. The number of hydrogen-bond donors (Lipinski definition) is 2. The predicted octanol–water partition coefficient (Wildman–Crippen LogP) is 1.87. The van der Waals surface area contributed by atoms with E-state index in [4.69, 9.17) is 16.3 Å². The van der Waals surface area contributed by atoms with Crippen LogP contribution >= 0.6 is 11.6 Å². The fraction of sp³-hybridized carbons (Fsp3) is 0.357. The van der Waals surface area contributed by atoms with Crippen molar-refractivity contribution in [2.24, 2.45) is 0 Å². The Morgan fingerprint density at radius 1 is 1.53 bits per heavy atom. The van der Waals surface area contributed by atoms with E-state index >= 15 is 0 Å². The summed E-state index contributed by atoms with van der Waals surface area (Å²) in [6.07, 6.45) is 3.01. The molecule has 0 bridgehead atoms. The molecule has 0 radical (unpaired) electrons. The van der Waals surface area contributed by atoms with E-state index in [1.165, 1.54) is 13.2 Å². The van der Waals surface area contributed by atoms with Crippen molar-refractivity contribution in [2.75, 3.05) is 20.3 Å². The van der Waals surface area contributed by atoms with Crippen molar-refractivity contribution < 1.29 is 14.6 Å². The van der Waals surface area contributed by atoms with Crippen molar-refractivity contribution in [1.29, 1.82) is 0 Å². The number of aliphatic hydroxyl groups is 1. The van der Waals surface area contributed by atoms with Crippen molar-refractivity contribution in [2.45, 2.75) is 12.5 Å². The lowest BCUT2D eigenvalue weighted by Crippen LogP contribution is -2.43. The molecule has 1 aromatic carbocycles. The number of carbonyl (C=O) groups is 1. The SMILES string of the molecule is COCC(C)(O)CNC(=O)/C=C/c1ccccc1Cl. The number of benzene rings is 1. The van der Waals surface area contributed by atoms with Crippen LogP contribution < -0.4 is 5.32 Å². The van der Waals surface area contributed by atoms with Crippen molar-refractivity contribution >= 4 is 23.6 Å². The van der Waals surface area contributed by atoms with Gasteiger partial charge in [0.2, 0.25) is 5.91 Å². The van der Waals surface area contributed by atoms with Gasteiger partial charge in [0, 0.05) is 24.8 Å². The first kappa shape index (κ1) is 15.7. The zero-order valence-corrected chi connectivity index (χ0v) is 11.8. The average molecular weight is 284 g/mol. The number of carbonyl (C=O) groups excluding carboxylic acids is 1. The highest BCUT2D eigenvalue weighted by Gasteiger charge is 2.20.